The molecule has 2 N–H and O–H groups in total. The van der Waals surface area contributed by atoms with Crippen molar-refractivity contribution in [2.75, 3.05) is 40.5 Å². The lowest BCUT2D eigenvalue weighted by Gasteiger charge is -2.59. The van der Waals surface area contributed by atoms with Gasteiger partial charge < -0.3 is 19.6 Å². The van der Waals surface area contributed by atoms with E-state index in [0.717, 1.165) is 43.7 Å². The van der Waals surface area contributed by atoms with Crippen LogP contribution in [-0.4, -0.2) is 61.6 Å². The molecule has 2 aromatic rings. The SMILES string of the molecule is COCCC1C[C@@H]2CN3CCc4c([nH]c5ccc(OC)cc45)C(CO)(C2)C13. The average molecular weight is 370 g/mol. The summed E-state index contributed by atoms with van der Waals surface area (Å²) >= 11 is 0. The van der Waals surface area contributed by atoms with Gasteiger partial charge in [0.1, 0.15) is 5.75 Å². The van der Waals surface area contributed by atoms with Gasteiger partial charge in [-0.3, -0.25) is 4.90 Å². The normalized spacial score (nSPS) is 34.5. The zero-order valence-electron chi connectivity index (χ0n) is 16.3. The van der Waals surface area contributed by atoms with Gasteiger partial charge in [-0.2, -0.15) is 0 Å². The van der Waals surface area contributed by atoms with E-state index in [0.29, 0.717) is 17.9 Å². The number of aliphatic hydroxyl groups excluding tert-OH is 1. The van der Waals surface area contributed by atoms with E-state index in [4.69, 9.17) is 9.47 Å². The largest absolute Gasteiger partial charge is 0.497 e. The van der Waals surface area contributed by atoms with Gasteiger partial charge in [0.25, 0.3) is 0 Å². The van der Waals surface area contributed by atoms with Gasteiger partial charge in [-0.15, -0.1) is 0 Å². The molecule has 1 saturated carbocycles. The molecular formula is C22H30N2O3. The van der Waals surface area contributed by atoms with Gasteiger partial charge in [-0.1, -0.05) is 0 Å². The fourth-order valence-electron chi connectivity index (χ4n) is 6.52. The fourth-order valence-corrected chi connectivity index (χ4v) is 6.52. The Morgan fingerprint density at radius 2 is 2.22 bits per heavy atom. The molecule has 5 heteroatoms. The van der Waals surface area contributed by atoms with Crippen LogP contribution in [-0.2, 0) is 16.6 Å². The highest BCUT2D eigenvalue weighted by molar-refractivity contribution is 5.87. The van der Waals surface area contributed by atoms with Crippen LogP contribution in [0.3, 0.4) is 0 Å². The topological polar surface area (TPSA) is 57.7 Å². The smallest absolute Gasteiger partial charge is 0.119 e. The summed E-state index contributed by atoms with van der Waals surface area (Å²) in [5.41, 5.74) is 3.65. The lowest BCUT2D eigenvalue weighted by molar-refractivity contribution is -0.0826. The van der Waals surface area contributed by atoms with Gasteiger partial charge in [0.2, 0.25) is 0 Å². The summed E-state index contributed by atoms with van der Waals surface area (Å²) in [7, 11) is 3.51. The van der Waals surface area contributed by atoms with Crippen LogP contribution in [0.25, 0.3) is 10.9 Å². The first-order chi connectivity index (χ1) is 13.2. The summed E-state index contributed by atoms with van der Waals surface area (Å²) in [6.07, 6.45) is 4.48. The first-order valence-corrected chi connectivity index (χ1v) is 10.2. The Balaban J connectivity index is 1.66. The highest BCUT2D eigenvalue weighted by atomic mass is 16.5. The summed E-state index contributed by atoms with van der Waals surface area (Å²) < 4.78 is 10.9. The number of rotatable bonds is 5. The van der Waals surface area contributed by atoms with Crippen LogP contribution < -0.4 is 4.74 Å². The molecule has 3 fully saturated rings. The molecule has 146 valence electrons. The number of nitrogens with zero attached hydrogens (tertiary/aromatic N) is 1. The maximum atomic E-state index is 10.8. The second-order valence-corrected chi connectivity index (χ2v) is 8.74. The molecule has 4 unspecified atom stereocenters. The zero-order chi connectivity index (χ0) is 18.6. The quantitative estimate of drug-likeness (QED) is 0.850. The third kappa shape index (κ3) is 2.48. The summed E-state index contributed by atoms with van der Waals surface area (Å²) in [5, 5.41) is 12.0. The minimum absolute atomic E-state index is 0.183. The fraction of sp³-hybridized carbons (Fsp3) is 0.636. The number of aromatic amines is 1. The van der Waals surface area contributed by atoms with Gasteiger partial charge in [-0.05, 0) is 61.3 Å². The van der Waals surface area contributed by atoms with Gasteiger partial charge in [0.05, 0.1) is 13.7 Å². The molecule has 6 rings (SSSR count). The van der Waals surface area contributed by atoms with Crippen molar-refractivity contribution >= 4 is 10.9 Å². The van der Waals surface area contributed by atoms with E-state index < -0.39 is 0 Å². The molecule has 4 heterocycles. The highest BCUT2D eigenvalue weighted by Crippen LogP contribution is 2.54. The number of methoxy groups -OCH3 is 2. The summed E-state index contributed by atoms with van der Waals surface area (Å²) in [6, 6.07) is 6.69. The van der Waals surface area contributed by atoms with Crippen molar-refractivity contribution in [3.05, 3.63) is 29.5 Å². The van der Waals surface area contributed by atoms with Crippen molar-refractivity contribution in [2.24, 2.45) is 11.8 Å². The van der Waals surface area contributed by atoms with Crippen LogP contribution >= 0.6 is 0 Å². The maximum Gasteiger partial charge on any atom is 0.119 e. The second kappa shape index (κ2) is 6.50. The van der Waals surface area contributed by atoms with Crippen molar-refractivity contribution in [1.82, 2.24) is 9.88 Å². The molecule has 3 aliphatic heterocycles. The van der Waals surface area contributed by atoms with Crippen LogP contribution in [0.5, 0.6) is 5.75 Å². The molecule has 0 spiro atoms. The number of benzene rings is 1. The van der Waals surface area contributed by atoms with Gasteiger partial charge in [-0.25, -0.2) is 0 Å². The Morgan fingerprint density at radius 3 is 3.00 bits per heavy atom. The Morgan fingerprint density at radius 1 is 1.33 bits per heavy atom. The number of ether oxygens (including phenoxy) is 2. The van der Waals surface area contributed by atoms with Gasteiger partial charge in [0, 0.05) is 54.9 Å². The van der Waals surface area contributed by atoms with Gasteiger partial charge in [0.15, 0.2) is 0 Å². The number of nitrogens with one attached hydrogen (secondary N) is 1. The molecule has 4 aliphatic rings. The predicted molar refractivity (Wildman–Crippen MR) is 105 cm³/mol. The van der Waals surface area contributed by atoms with Crippen molar-refractivity contribution in [3.8, 4) is 5.75 Å². The van der Waals surface area contributed by atoms with Crippen molar-refractivity contribution < 1.29 is 14.6 Å². The molecule has 2 saturated heterocycles. The van der Waals surface area contributed by atoms with Crippen LogP contribution in [0.2, 0.25) is 0 Å². The number of fused-ring (bicyclic) bond motifs is 4. The number of aromatic nitrogens is 1. The monoisotopic (exact) mass is 370 g/mol. The average Bonchev–Trinajstić information content (AvgIpc) is 3.04. The van der Waals surface area contributed by atoms with Crippen molar-refractivity contribution in [2.45, 2.75) is 37.1 Å². The lowest BCUT2D eigenvalue weighted by atomic mass is 9.56. The molecule has 0 radical (unpaired) electrons. The first kappa shape index (κ1) is 17.5. The molecule has 5 nitrogen and oxygen atoms in total. The number of piperidine rings is 2. The molecular weight excluding hydrogens is 340 g/mol. The molecule has 1 aromatic carbocycles. The maximum absolute atomic E-state index is 10.8. The van der Waals surface area contributed by atoms with E-state index in [1.807, 2.05) is 6.07 Å². The molecule has 4 bridgehead atoms. The minimum atomic E-state index is -0.183. The van der Waals surface area contributed by atoms with E-state index in [9.17, 15) is 5.11 Å². The van der Waals surface area contributed by atoms with E-state index in [2.05, 4.69) is 22.0 Å². The van der Waals surface area contributed by atoms with Crippen molar-refractivity contribution in [3.63, 3.8) is 0 Å². The Hall–Kier alpha value is -1.56. The molecule has 1 aromatic heterocycles. The third-order valence-corrected chi connectivity index (χ3v) is 7.42. The summed E-state index contributed by atoms with van der Waals surface area (Å²) in [6.45, 7) is 3.27. The standard InChI is InChI=1S/C22H30N2O3/c1-26-8-6-15-9-14-11-22(13-25)20-17(5-7-24(12-14)21(15)22)18-10-16(27-2)3-4-19(18)23-20/h3-4,10,14-15,21,23,25H,5-9,11-13H2,1-2H3/t14-,15?,21?,22?/m0/s1. The van der Waals surface area contributed by atoms with Crippen LogP contribution in [0.4, 0.5) is 0 Å². The molecule has 27 heavy (non-hydrogen) atoms. The van der Waals surface area contributed by atoms with E-state index in [1.54, 1.807) is 14.2 Å². The van der Waals surface area contributed by atoms with E-state index in [-0.39, 0.29) is 12.0 Å². The molecule has 0 amide bonds. The lowest BCUT2D eigenvalue weighted by Crippen LogP contribution is -2.65. The number of H-pyrrole nitrogens is 1. The predicted octanol–water partition coefficient (Wildman–Crippen LogP) is 2.71. The molecule has 1 aliphatic carbocycles. The number of aliphatic hydroxyl groups is 1. The minimum Gasteiger partial charge on any atom is -0.497 e. The second-order valence-electron chi connectivity index (χ2n) is 8.74. The summed E-state index contributed by atoms with van der Waals surface area (Å²) in [5.74, 6) is 2.15. The highest BCUT2D eigenvalue weighted by Gasteiger charge is 2.58. The Labute approximate surface area is 160 Å². The van der Waals surface area contributed by atoms with E-state index in [1.165, 1.54) is 29.6 Å². The van der Waals surface area contributed by atoms with E-state index >= 15 is 0 Å². The van der Waals surface area contributed by atoms with Crippen molar-refractivity contribution in [1.29, 1.82) is 0 Å². The number of hydrogen-bond donors (Lipinski definition) is 2. The third-order valence-electron chi connectivity index (χ3n) is 7.42. The zero-order valence-corrected chi connectivity index (χ0v) is 16.3. The molecule has 5 atom stereocenters. The summed E-state index contributed by atoms with van der Waals surface area (Å²) in [4.78, 5) is 6.42. The Kier molecular flexibility index (Phi) is 4.22. The number of hydrogen-bond acceptors (Lipinski definition) is 4. The van der Waals surface area contributed by atoms with Crippen LogP contribution in [0.1, 0.15) is 30.5 Å². The first-order valence-electron chi connectivity index (χ1n) is 10.2. The van der Waals surface area contributed by atoms with Crippen LogP contribution in [0.15, 0.2) is 18.2 Å². The Bertz CT molecular complexity index is 847. The van der Waals surface area contributed by atoms with Crippen LogP contribution in [0, 0.1) is 11.8 Å². The van der Waals surface area contributed by atoms with Gasteiger partial charge >= 0.3 is 0 Å².